The first-order valence-electron chi connectivity index (χ1n) is 11.3. The standard InChI is InChI=1S/C25H27ClFN3O3/c26-22-16-19(27)10-9-18(22)17-28-12-14-29(15-13-28)23(31)8-2-1-5-11-30-24(32)20-6-3-4-7-21(20)25(30)33/h3-4,6-7,9-10,16H,1-2,5,8,11-15,17H2. The molecule has 0 aliphatic carbocycles. The highest BCUT2D eigenvalue weighted by atomic mass is 35.5. The lowest BCUT2D eigenvalue weighted by Gasteiger charge is -2.35. The topological polar surface area (TPSA) is 60.9 Å². The van der Waals surface area contributed by atoms with Gasteiger partial charge in [0.25, 0.3) is 11.8 Å². The van der Waals surface area contributed by atoms with Crippen LogP contribution in [0.25, 0.3) is 0 Å². The Morgan fingerprint density at radius 2 is 1.58 bits per heavy atom. The fourth-order valence-electron chi connectivity index (χ4n) is 4.37. The van der Waals surface area contributed by atoms with Gasteiger partial charge in [-0.25, -0.2) is 4.39 Å². The zero-order valence-corrected chi connectivity index (χ0v) is 19.2. The van der Waals surface area contributed by atoms with Gasteiger partial charge >= 0.3 is 0 Å². The van der Waals surface area contributed by atoms with Gasteiger partial charge in [-0.2, -0.15) is 0 Å². The summed E-state index contributed by atoms with van der Waals surface area (Å²) in [5, 5.41) is 0.426. The van der Waals surface area contributed by atoms with Gasteiger partial charge in [0, 0.05) is 50.7 Å². The molecule has 0 aromatic heterocycles. The van der Waals surface area contributed by atoms with E-state index in [0.29, 0.717) is 55.2 Å². The van der Waals surface area contributed by atoms with Gasteiger partial charge in [0.15, 0.2) is 0 Å². The van der Waals surface area contributed by atoms with E-state index in [2.05, 4.69) is 4.90 Å². The smallest absolute Gasteiger partial charge is 0.261 e. The van der Waals surface area contributed by atoms with Gasteiger partial charge in [-0.15, -0.1) is 0 Å². The monoisotopic (exact) mass is 471 g/mol. The number of unbranched alkanes of at least 4 members (excludes halogenated alkanes) is 2. The van der Waals surface area contributed by atoms with Crippen LogP contribution in [0, 0.1) is 5.82 Å². The van der Waals surface area contributed by atoms with Crippen LogP contribution in [0.3, 0.4) is 0 Å². The Kier molecular flexibility index (Phi) is 7.40. The summed E-state index contributed by atoms with van der Waals surface area (Å²) in [5.74, 6) is -0.670. The Hall–Kier alpha value is -2.77. The molecule has 2 aliphatic rings. The number of amides is 3. The normalized spacial score (nSPS) is 16.4. The Morgan fingerprint density at radius 3 is 2.21 bits per heavy atom. The summed E-state index contributed by atoms with van der Waals surface area (Å²) in [6, 6.07) is 11.3. The summed E-state index contributed by atoms with van der Waals surface area (Å²) in [4.78, 5) is 42.7. The number of carbonyl (C=O) groups excluding carboxylic acids is 3. The van der Waals surface area contributed by atoms with E-state index in [4.69, 9.17) is 11.6 Å². The van der Waals surface area contributed by atoms with E-state index in [1.165, 1.54) is 17.0 Å². The van der Waals surface area contributed by atoms with Crippen molar-refractivity contribution < 1.29 is 18.8 Å². The number of rotatable bonds is 8. The molecule has 0 spiro atoms. The van der Waals surface area contributed by atoms with Gasteiger partial charge in [0.2, 0.25) is 5.91 Å². The first-order valence-corrected chi connectivity index (χ1v) is 11.7. The molecule has 6 nitrogen and oxygen atoms in total. The van der Waals surface area contributed by atoms with E-state index in [1.54, 1.807) is 30.3 Å². The molecule has 3 amide bonds. The third kappa shape index (κ3) is 5.42. The zero-order chi connectivity index (χ0) is 23.4. The van der Waals surface area contributed by atoms with E-state index in [-0.39, 0.29) is 23.5 Å². The number of fused-ring (bicyclic) bond motifs is 1. The van der Waals surface area contributed by atoms with Crippen molar-refractivity contribution in [2.45, 2.75) is 32.2 Å². The highest BCUT2D eigenvalue weighted by Gasteiger charge is 2.34. The van der Waals surface area contributed by atoms with Crippen molar-refractivity contribution in [3.8, 4) is 0 Å². The highest BCUT2D eigenvalue weighted by Crippen LogP contribution is 2.23. The molecule has 0 saturated carbocycles. The minimum absolute atomic E-state index is 0.134. The second-order valence-electron chi connectivity index (χ2n) is 8.51. The van der Waals surface area contributed by atoms with Gasteiger partial charge in [0.1, 0.15) is 5.82 Å². The zero-order valence-electron chi connectivity index (χ0n) is 18.4. The quantitative estimate of drug-likeness (QED) is 0.431. The van der Waals surface area contributed by atoms with Crippen molar-refractivity contribution in [1.29, 1.82) is 0 Å². The number of imide groups is 1. The molecule has 2 aromatic rings. The van der Waals surface area contributed by atoms with Crippen LogP contribution in [0.4, 0.5) is 4.39 Å². The van der Waals surface area contributed by atoms with E-state index in [0.717, 1.165) is 31.5 Å². The predicted octanol–water partition coefficient (Wildman–Crippen LogP) is 3.98. The van der Waals surface area contributed by atoms with E-state index in [9.17, 15) is 18.8 Å². The van der Waals surface area contributed by atoms with Crippen molar-refractivity contribution in [3.63, 3.8) is 0 Å². The molecule has 2 aromatic carbocycles. The number of carbonyl (C=O) groups is 3. The molecule has 2 aliphatic heterocycles. The maximum atomic E-state index is 13.2. The molecule has 4 rings (SSSR count). The summed E-state index contributed by atoms with van der Waals surface area (Å²) in [7, 11) is 0. The van der Waals surface area contributed by atoms with Gasteiger partial charge in [0.05, 0.1) is 11.1 Å². The summed E-state index contributed by atoms with van der Waals surface area (Å²) >= 11 is 6.12. The second-order valence-corrected chi connectivity index (χ2v) is 8.92. The molecule has 1 fully saturated rings. The highest BCUT2D eigenvalue weighted by molar-refractivity contribution is 6.31. The first-order chi connectivity index (χ1) is 15.9. The lowest BCUT2D eigenvalue weighted by Crippen LogP contribution is -2.48. The molecule has 0 atom stereocenters. The van der Waals surface area contributed by atoms with Crippen molar-refractivity contribution in [1.82, 2.24) is 14.7 Å². The molecule has 8 heteroatoms. The molecule has 2 heterocycles. The molecular weight excluding hydrogens is 445 g/mol. The molecule has 0 N–H and O–H groups in total. The van der Waals surface area contributed by atoms with Crippen LogP contribution in [-0.2, 0) is 11.3 Å². The number of nitrogens with zero attached hydrogens (tertiary/aromatic N) is 3. The number of halogens is 2. The molecule has 174 valence electrons. The van der Waals surface area contributed by atoms with Gasteiger partial charge in [-0.3, -0.25) is 24.2 Å². The van der Waals surface area contributed by atoms with Crippen LogP contribution in [0.2, 0.25) is 5.02 Å². The Morgan fingerprint density at radius 1 is 0.909 bits per heavy atom. The fourth-order valence-corrected chi connectivity index (χ4v) is 4.60. The number of piperazine rings is 1. The third-order valence-corrected chi connectivity index (χ3v) is 6.64. The predicted molar refractivity (Wildman–Crippen MR) is 124 cm³/mol. The van der Waals surface area contributed by atoms with Crippen molar-refractivity contribution in [3.05, 3.63) is 70.0 Å². The number of hydrogen-bond acceptors (Lipinski definition) is 4. The van der Waals surface area contributed by atoms with E-state index in [1.807, 2.05) is 4.90 Å². The van der Waals surface area contributed by atoms with Crippen LogP contribution >= 0.6 is 11.6 Å². The second kappa shape index (κ2) is 10.4. The lowest BCUT2D eigenvalue weighted by molar-refractivity contribution is -0.133. The van der Waals surface area contributed by atoms with Gasteiger partial charge in [-0.05, 0) is 42.7 Å². The van der Waals surface area contributed by atoms with Crippen molar-refractivity contribution in [2.75, 3.05) is 32.7 Å². The summed E-state index contributed by atoms with van der Waals surface area (Å²) in [6.07, 6.45) is 2.66. The average molecular weight is 472 g/mol. The average Bonchev–Trinajstić information content (AvgIpc) is 3.06. The van der Waals surface area contributed by atoms with Crippen LogP contribution < -0.4 is 0 Å². The van der Waals surface area contributed by atoms with Gasteiger partial charge < -0.3 is 4.90 Å². The molecule has 0 radical (unpaired) electrons. The molecule has 33 heavy (non-hydrogen) atoms. The molecule has 1 saturated heterocycles. The number of benzene rings is 2. The lowest BCUT2D eigenvalue weighted by atomic mass is 10.1. The van der Waals surface area contributed by atoms with Gasteiger partial charge in [-0.1, -0.05) is 36.2 Å². The Balaban J connectivity index is 1.14. The third-order valence-electron chi connectivity index (χ3n) is 6.28. The van der Waals surface area contributed by atoms with Crippen LogP contribution in [0.15, 0.2) is 42.5 Å². The molecule has 0 bridgehead atoms. The van der Waals surface area contributed by atoms with Crippen molar-refractivity contribution >= 4 is 29.3 Å². The summed E-state index contributed by atoms with van der Waals surface area (Å²) in [6.45, 7) is 3.84. The number of hydrogen-bond donors (Lipinski definition) is 0. The van der Waals surface area contributed by atoms with Crippen molar-refractivity contribution in [2.24, 2.45) is 0 Å². The van der Waals surface area contributed by atoms with E-state index >= 15 is 0 Å². The largest absolute Gasteiger partial charge is 0.340 e. The minimum Gasteiger partial charge on any atom is -0.340 e. The Labute approximate surface area is 197 Å². The fraction of sp³-hybridized carbons (Fsp3) is 0.400. The minimum atomic E-state index is -0.345. The Bertz CT molecular complexity index is 1020. The van der Waals surface area contributed by atoms with Crippen LogP contribution in [-0.4, -0.2) is 65.1 Å². The summed E-state index contributed by atoms with van der Waals surface area (Å²) < 4.78 is 13.2. The maximum Gasteiger partial charge on any atom is 0.261 e. The maximum absolute atomic E-state index is 13.2. The van der Waals surface area contributed by atoms with E-state index < -0.39 is 0 Å². The first kappa shape index (κ1) is 23.4. The molecular formula is C25H27ClFN3O3. The molecule has 0 unspecified atom stereocenters. The summed E-state index contributed by atoms with van der Waals surface area (Å²) in [5.41, 5.74) is 1.83. The SMILES string of the molecule is O=C(CCCCCN1C(=O)c2ccccc2C1=O)N1CCN(Cc2ccc(F)cc2Cl)CC1. The van der Waals surface area contributed by atoms with Crippen LogP contribution in [0.1, 0.15) is 52.0 Å². The van der Waals surface area contributed by atoms with Crippen LogP contribution in [0.5, 0.6) is 0 Å².